The Morgan fingerprint density at radius 2 is 1.85 bits per heavy atom. The maximum atomic E-state index is 13.4. The van der Waals surface area contributed by atoms with Gasteiger partial charge in [0, 0.05) is 6.42 Å². The molecule has 3 rings (SSSR count). The highest BCUT2D eigenvalue weighted by molar-refractivity contribution is 7.81. The number of carbonyl (C=O) groups excluding carboxylic acids is 3. The molecule has 11 heteroatoms. The number of esters is 1. The minimum atomic E-state index is -5.28. The molecule has 33 heavy (non-hydrogen) atoms. The van der Waals surface area contributed by atoms with Gasteiger partial charge in [-0.2, -0.15) is 8.42 Å². The third-order valence-corrected chi connectivity index (χ3v) is 6.05. The minimum absolute atomic E-state index is 0.118. The molecule has 0 aliphatic carbocycles. The van der Waals surface area contributed by atoms with Crippen LogP contribution in [0.2, 0.25) is 0 Å². The highest BCUT2D eigenvalue weighted by atomic mass is 32.3. The van der Waals surface area contributed by atoms with E-state index in [1.807, 2.05) is 4.90 Å². The number of piperidine rings is 2. The van der Waals surface area contributed by atoms with Crippen molar-refractivity contribution in [1.29, 1.82) is 0 Å². The van der Waals surface area contributed by atoms with Crippen molar-refractivity contribution < 1.29 is 35.6 Å². The maximum Gasteiger partial charge on any atom is 0.488 e. The largest absolute Gasteiger partial charge is 0.488 e. The lowest BCUT2D eigenvalue weighted by atomic mass is 9.85. The van der Waals surface area contributed by atoms with Gasteiger partial charge in [0.1, 0.15) is 11.4 Å². The monoisotopic (exact) mass is 484 g/mol. The summed E-state index contributed by atoms with van der Waals surface area (Å²) in [6.07, 6.45) is 1.63. The number of imide groups is 1. The van der Waals surface area contributed by atoms with E-state index in [-0.39, 0.29) is 42.9 Å². The van der Waals surface area contributed by atoms with Crippen molar-refractivity contribution in [3.63, 3.8) is 0 Å². The van der Waals surface area contributed by atoms with Gasteiger partial charge < -0.3 is 8.92 Å². The van der Waals surface area contributed by atoms with Crippen molar-refractivity contribution in [3.05, 3.63) is 29.3 Å². The molecule has 1 N–H and O–H groups in total. The number of amides is 2. The van der Waals surface area contributed by atoms with E-state index in [2.05, 4.69) is 9.50 Å². The molecule has 1 unspecified atom stereocenters. The molecule has 2 amide bonds. The number of carbonyl (C=O) groups is 3. The van der Waals surface area contributed by atoms with Crippen molar-refractivity contribution in [2.75, 3.05) is 19.6 Å². The van der Waals surface area contributed by atoms with Crippen LogP contribution in [0.15, 0.2) is 18.2 Å². The van der Waals surface area contributed by atoms with Crippen molar-refractivity contribution in [3.8, 4) is 5.75 Å². The Bertz CT molecular complexity index is 1030. The quantitative estimate of drug-likeness (QED) is 0.371. The molecule has 0 saturated carbocycles. The second-order valence-electron chi connectivity index (χ2n) is 9.41. The number of hydrogen-bond donors (Lipinski definition) is 1. The first kappa shape index (κ1) is 25.1. The van der Waals surface area contributed by atoms with Crippen LogP contribution in [0.25, 0.3) is 0 Å². The van der Waals surface area contributed by atoms with Crippen LogP contribution >= 0.6 is 0 Å². The van der Waals surface area contributed by atoms with Gasteiger partial charge in [-0.25, -0.2) is 0 Å². The lowest BCUT2D eigenvalue weighted by Crippen LogP contribution is -2.39. The summed E-state index contributed by atoms with van der Waals surface area (Å²) < 4.78 is 45.9. The van der Waals surface area contributed by atoms with E-state index < -0.39 is 27.9 Å². The van der Waals surface area contributed by atoms with Crippen LogP contribution in [-0.4, -0.2) is 56.3 Å². The highest BCUT2D eigenvalue weighted by Gasteiger charge is 2.31. The van der Waals surface area contributed by atoms with E-state index in [9.17, 15) is 26.7 Å². The Morgan fingerprint density at radius 3 is 2.42 bits per heavy atom. The second kappa shape index (κ2) is 9.76. The molecule has 0 spiro atoms. The number of halogens is 1. The third kappa shape index (κ3) is 7.23. The van der Waals surface area contributed by atoms with Gasteiger partial charge in [-0.1, -0.05) is 16.0 Å². The molecule has 182 valence electrons. The summed E-state index contributed by atoms with van der Waals surface area (Å²) in [7, 11) is -5.28. The van der Waals surface area contributed by atoms with Crippen LogP contribution in [-0.2, 0) is 29.6 Å². The molecular formula is C22H29FN2O7S. The van der Waals surface area contributed by atoms with Crippen LogP contribution in [0.1, 0.15) is 69.4 Å². The van der Waals surface area contributed by atoms with Crippen LogP contribution in [0.4, 0.5) is 3.89 Å². The minimum Gasteiger partial charge on any atom is -0.459 e. The van der Waals surface area contributed by atoms with Gasteiger partial charge >= 0.3 is 16.5 Å². The Hall–Kier alpha value is -2.53. The molecule has 0 aromatic heterocycles. The fourth-order valence-electron chi connectivity index (χ4n) is 4.25. The molecule has 0 radical (unpaired) electrons. The van der Waals surface area contributed by atoms with Crippen LogP contribution < -0.4 is 9.50 Å². The van der Waals surface area contributed by atoms with Gasteiger partial charge in [-0.3, -0.25) is 24.6 Å². The topological polar surface area (TPSA) is 119 Å². The van der Waals surface area contributed by atoms with Gasteiger partial charge in [0.05, 0.1) is 12.5 Å². The predicted octanol–water partition coefficient (Wildman–Crippen LogP) is 2.32. The zero-order chi connectivity index (χ0) is 24.4. The summed E-state index contributed by atoms with van der Waals surface area (Å²) in [6, 6.07) is 4.69. The van der Waals surface area contributed by atoms with Crippen molar-refractivity contribution in [2.45, 2.75) is 63.9 Å². The normalized spacial score (nSPS) is 20.9. The van der Waals surface area contributed by atoms with E-state index in [4.69, 9.17) is 4.74 Å². The Morgan fingerprint density at radius 1 is 1.18 bits per heavy atom. The molecule has 1 atom stereocenters. The number of rotatable bonds is 6. The van der Waals surface area contributed by atoms with Crippen molar-refractivity contribution >= 4 is 28.3 Å². The fourth-order valence-corrected chi connectivity index (χ4v) is 4.61. The van der Waals surface area contributed by atoms with Gasteiger partial charge in [-0.05, 0) is 76.2 Å². The highest BCUT2D eigenvalue weighted by Crippen LogP contribution is 2.38. The summed E-state index contributed by atoms with van der Waals surface area (Å²) in [5.74, 6) is -2.10. The molecule has 2 heterocycles. The molecular weight excluding hydrogens is 455 g/mol. The van der Waals surface area contributed by atoms with Crippen LogP contribution in [0, 0.1) is 0 Å². The molecule has 2 aliphatic rings. The summed E-state index contributed by atoms with van der Waals surface area (Å²) >= 11 is 0. The van der Waals surface area contributed by atoms with E-state index >= 15 is 0 Å². The maximum absolute atomic E-state index is 13.4. The second-order valence-corrected chi connectivity index (χ2v) is 10.4. The number of nitrogens with zero attached hydrogens (tertiary/aromatic N) is 1. The molecule has 2 fully saturated rings. The average molecular weight is 485 g/mol. The van der Waals surface area contributed by atoms with Gasteiger partial charge in [0.15, 0.2) is 0 Å². The Kier molecular flexibility index (Phi) is 7.42. The third-order valence-electron chi connectivity index (χ3n) is 5.67. The molecule has 2 aliphatic heterocycles. The summed E-state index contributed by atoms with van der Waals surface area (Å²) in [6.45, 7) is 6.70. The van der Waals surface area contributed by atoms with E-state index in [0.717, 1.165) is 0 Å². The zero-order valence-electron chi connectivity index (χ0n) is 18.9. The zero-order valence-corrected chi connectivity index (χ0v) is 19.7. The van der Waals surface area contributed by atoms with Crippen LogP contribution in [0.5, 0.6) is 5.75 Å². The first-order valence-electron chi connectivity index (χ1n) is 10.9. The molecule has 1 aromatic rings. The molecule has 1 aromatic carbocycles. The first-order valence-corrected chi connectivity index (χ1v) is 12.2. The summed E-state index contributed by atoms with van der Waals surface area (Å²) in [4.78, 5) is 37.6. The molecule has 9 nitrogen and oxygen atoms in total. The number of nitrogens with one attached hydrogen (secondary N) is 1. The standard InChI is InChI=1S/C22H29FN2O7S/c1-22(2,3)31-20(27)13-25-10-8-14(9-11-25)16-5-4-15(12-18(16)32-33(23,29)30)17-6-7-19(26)24-21(17)28/h4-5,12,14,17H,6-11,13H2,1-3H3,(H,24,26,28). The number of benzene rings is 1. The lowest BCUT2D eigenvalue weighted by molar-refractivity contribution is -0.156. The smallest absolute Gasteiger partial charge is 0.459 e. The van der Waals surface area contributed by atoms with E-state index in [1.165, 1.54) is 6.07 Å². The molecule has 0 bridgehead atoms. The average Bonchev–Trinajstić information content (AvgIpc) is 2.66. The summed E-state index contributed by atoms with van der Waals surface area (Å²) in [5.41, 5.74) is 0.401. The Labute approximate surface area is 193 Å². The fraction of sp³-hybridized carbons (Fsp3) is 0.591. The number of hydrogen-bond acceptors (Lipinski definition) is 8. The first-order chi connectivity index (χ1) is 15.3. The van der Waals surface area contributed by atoms with Gasteiger partial charge in [-0.15, -0.1) is 0 Å². The number of likely N-dealkylation sites (tertiary alicyclic amines) is 1. The number of ether oxygens (including phenoxy) is 1. The lowest BCUT2D eigenvalue weighted by Gasteiger charge is -2.33. The predicted molar refractivity (Wildman–Crippen MR) is 116 cm³/mol. The molecule has 2 saturated heterocycles. The summed E-state index contributed by atoms with van der Waals surface area (Å²) in [5, 5.41) is 2.25. The van der Waals surface area contributed by atoms with E-state index in [0.29, 0.717) is 37.1 Å². The van der Waals surface area contributed by atoms with Crippen molar-refractivity contribution in [2.24, 2.45) is 0 Å². The van der Waals surface area contributed by atoms with Crippen LogP contribution in [0.3, 0.4) is 0 Å². The van der Waals surface area contributed by atoms with Gasteiger partial charge in [0.25, 0.3) is 0 Å². The van der Waals surface area contributed by atoms with Crippen molar-refractivity contribution in [1.82, 2.24) is 10.2 Å². The van der Waals surface area contributed by atoms with Gasteiger partial charge in [0.2, 0.25) is 11.8 Å². The Balaban J connectivity index is 1.74. The SMILES string of the molecule is CC(C)(C)OC(=O)CN1CCC(c2ccc(C3CCC(=O)NC3=O)cc2OS(=O)(=O)F)CC1. The van der Waals surface area contributed by atoms with E-state index in [1.54, 1.807) is 32.9 Å².